The van der Waals surface area contributed by atoms with Crippen LogP contribution in [0.25, 0.3) is 0 Å². The molecule has 1 aromatic carbocycles. The number of rotatable bonds is 20. The molecule has 3 amide bonds. The number of benzene rings is 1. The van der Waals surface area contributed by atoms with Gasteiger partial charge in [-0.2, -0.15) is 0 Å². The van der Waals surface area contributed by atoms with Crippen LogP contribution in [0.1, 0.15) is 35.2 Å². The molecule has 0 aliphatic carbocycles. The molecular weight excluding hydrogens is 514 g/mol. The molecule has 0 radical (unpaired) electrons. The number of hydrogen-bond acceptors (Lipinski definition) is 10. The predicted octanol–water partition coefficient (Wildman–Crippen LogP) is 0.417. The van der Waals surface area contributed by atoms with E-state index in [4.69, 9.17) is 28.8 Å². The minimum absolute atomic E-state index is 0.0157. The monoisotopic (exact) mass is 551 g/mol. The van der Waals surface area contributed by atoms with Gasteiger partial charge >= 0.3 is 5.97 Å². The van der Waals surface area contributed by atoms with Crippen LogP contribution >= 0.6 is 0 Å². The van der Waals surface area contributed by atoms with E-state index in [0.717, 1.165) is 11.3 Å². The number of fused-ring (bicyclic) bond motifs is 1. The van der Waals surface area contributed by atoms with Crippen LogP contribution < -0.4 is 10.6 Å². The first kappa shape index (κ1) is 30.4. The largest absolute Gasteiger partial charge is 0.481 e. The average Bonchev–Trinajstić information content (AvgIpc) is 3.24. The summed E-state index contributed by atoms with van der Waals surface area (Å²) >= 11 is 0. The van der Waals surface area contributed by atoms with Crippen LogP contribution in [0.15, 0.2) is 18.2 Å². The Labute approximate surface area is 227 Å². The Balaban J connectivity index is 1.18. The number of anilines is 1. The highest BCUT2D eigenvalue weighted by atomic mass is 16.6. The lowest BCUT2D eigenvalue weighted by molar-refractivity contribution is -0.139. The molecule has 0 saturated carbocycles. The number of ether oxygens (including phenoxy) is 5. The molecule has 0 spiro atoms. The number of carboxylic acids is 1. The first-order valence-corrected chi connectivity index (χ1v) is 13.1. The van der Waals surface area contributed by atoms with Crippen molar-refractivity contribution in [1.82, 2.24) is 10.2 Å². The summed E-state index contributed by atoms with van der Waals surface area (Å²) in [5.74, 6) is -1.82. The first-order valence-electron chi connectivity index (χ1n) is 13.1. The highest BCUT2D eigenvalue weighted by Crippen LogP contribution is 2.32. The third-order valence-electron chi connectivity index (χ3n) is 6.09. The van der Waals surface area contributed by atoms with Crippen LogP contribution in [-0.2, 0) is 44.6 Å². The first-order chi connectivity index (χ1) is 19.0. The van der Waals surface area contributed by atoms with Crippen molar-refractivity contribution in [3.05, 3.63) is 29.3 Å². The smallest absolute Gasteiger partial charge is 0.305 e. The van der Waals surface area contributed by atoms with Crippen LogP contribution in [-0.4, -0.2) is 112 Å². The number of amides is 3. The Morgan fingerprint density at radius 2 is 1.49 bits per heavy atom. The van der Waals surface area contributed by atoms with Crippen molar-refractivity contribution in [3.63, 3.8) is 0 Å². The molecule has 1 atom stereocenters. The van der Waals surface area contributed by atoms with Crippen molar-refractivity contribution in [3.8, 4) is 0 Å². The summed E-state index contributed by atoms with van der Waals surface area (Å²) in [6, 6.07) is 4.81. The molecule has 2 heterocycles. The predicted molar refractivity (Wildman–Crippen MR) is 137 cm³/mol. The van der Waals surface area contributed by atoms with Crippen molar-refractivity contribution < 1.29 is 48.0 Å². The van der Waals surface area contributed by atoms with E-state index < -0.39 is 17.9 Å². The van der Waals surface area contributed by atoms with E-state index in [0.29, 0.717) is 84.5 Å². The highest BCUT2D eigenvalue weighted by molar-refractivity contribution is 6.06. The van der Waals surface area contributed by atoms with Crippen molar-refractivity contribution in [1.29, 1.82) is 0 Å². The summed E-state index contributed by atoms with van der Waals surface area (Å²) in [6.07, 6.45) is 0.539. The van der Waals surface area contributed by atoms with Crippen LogP contribution in [0, 0.1) is 0 Å². The molecule has 3 N–H and O–H groups in total. The lowest BCUT2D eigenvalue weighted by Crippen LogP contribution is -2.52. The standard InChI is InChI=1S/C26H37N3O10/c30-23-5-4-22(25(33)28-23)29-18-20-19(26(29)34)2-1-3-21(20)27-7-9-36-11-13-38-15-17-39-16-14-37-12-10-35-8-6-24(31)32/h1-3,22,27H,4-18H2,(H,31,32)(H,28,30,33). The zero-order valence-electron chi connectivity index (χ0n) is 22.0. The molecule has 216 valence electrons. The Morgan fingerprint density at radius 1 is 0.897 bits per heavy atom. The fourth-order valence-corrected chi connectivity index (χ4v) is 4.15. The van der Waals surface area contributed by atoms with Gasteiger partial charge in [-0.05, 0) is 18.6 Å². The molecule has 1 saturated heterocycles. The third kappa shape index (κ3) is 10.2. The molecule has 13 heteroatoms. The molecule has 1 aromatic rings. The summed E-state index contributed by atoms with van der Waals surface area (Å²) in [5, 5.41) is 14.1. The highest BCUT2D eigenvalue weighted by Gasteiger charge is 2.39. The van der Waals surface area contributed by atoms with E-state index in [1.807, 2.05) is 6.07 Å². The van der Waals surface area contributed by atoms with E-state index >= 15 is 0 Å². The zero-order chi connectivity index (χ0) is 27.9. The molecule has 0 aromatic heterocycles. The van der Waals surface area contributed by atoms with Crippen LogP contribution in [0.2, 0.25) is 0 Å². The number of aliphatic carboxylic acids is 1. The van der Waals surface area contributed by atoms with Crippen molar-refractivity contribution >= 4 is 29.4 Å². The molecule has 3 rings (SSSR count). The Bertz CT molecular complexity index is 973. The van der Waals surface area contributed by atoms with E-state index in [9.17, 15) is 19.2 Å². The number of imide groups is 1. The minimum Gasteiger partial charge on any atom is -0.481 e. The van der Waals surface area contributed by atoms with Crippen molar-refractivity contribution in [2.45, 2.75) is 31.8 Å². The molecule has 13 nitrogen and oxygen atoms in total. The normalized spacial score (nSPS) is 16.9. The fraction of sp³-hybridized carbons (Fsp3) is 0.615. The maximum absolute atomic E-state index is 12.9. The zero-order valence-corrected chi connectivity index (χ0v) is 22.0. The quantitative estimate of drug-likeness (QED) is 0.152. The lowest BCUT2D eigenvalue weighted by atomic mass is 10.0. The van der Waals surface area contributed by atoms with Gasteiger partial charge in [0.2, 0.25) is 11.8 Å². The second-order valence-corrected chi connectivity index (χ2v) is 8.86. The Morgan fingerprint density at radius 3 is 2.08 bits per heavy atom. The molecule has 2 aliphatic heterocycles. The summed E-state index contributed by atoms with van der Waals surface area (Å²) in [7, 11) is 0. The van der Waals surface area contributed by atoms with Crippen molar-refractivity contribution in [2.24, 2.45) is 0 Å². The van der Waals surface area contributed by atoms with Gasteiger partial charge in [-0.15, -0.1) is 0 Å². The topological polar surface area (TPSA) is 162 Å². The van der Waals surface area contributed by atoms with E-state index in [-0.39, 0.29) is 31.3 Å². The maximum atomic E-state index is 12.9. The van der Waals surface area contributed by atoms with Crippen LogP contribution in [0.3, 0.4) is 0 Å². The fourth-order valence-electron chi connectivity index (χ4n) is 4.15. The van der Waals surface area contributed by atoms with E-state index in [1.54, 1.807) is 12.1 Å². The minimum atomic E-state index is -0.886. The number of carbonyl (C=O) groups is 4. The SMILES string of the molecule is O=C(O)CCOCCOCCOCCOCCOCCNc1cccc2c1CN(C1CCC(=O)NC1=O)C2=O. The molecule has 1 unspecified atom stereocenters. The number of hydrogen-bond donors (Lipinski definition) is 3. The van der Waals surface area contributed by atoms with E-state index in [2.05, 4.69) is 10.6 Å². The number of carbonyl (C=O) groups excluding carboxylic acids is 3. The number of nitrogens with zero attached hydrogens (tertiary/aromatic N) is 1. The number of piperidine rings is 1. The van der Waals surface area contributed by atoms with Gasteiger partial charge in [0, 0.05) is 36.3 Å². The van der Waals surface area contributed by atoms with E-state index in [1.165, 1.54) is 4.90 Å². The van der Waals surface area contributed by atoms with Gasteiger partial charge in [-0.1, -0.05) is 6.07 Å². The summed E-state index contributed by atoms with van der Waals surface area (Å²) < 4.78 is 26.9. The second kappa shape index (κ2) is 16.8. The average molecular weight is 552 g/mol. The summed E-state index contributed by atoms with van der Waals surface area (Å²) in [5.41, 5.74) is 2.22. The Hall–Kier alpha value is -3.10. The maximum Gasteiger partial charge on any atom is 0.305 e. The molecular formula is C26H37N3O10. The van der Waals surface area contributed by atoms with Gasteiger partial charge in [0.05, 0.1) is 72.5 Å². The van der Waals surface area contributed by atoms with Gasteiger partial charge in [-0.3, -0.25) is 24.5 Å². The van der Waals surface area contributed by atoms with Gasteiger partial charge in [0.25, 0.3) is 5.91 Å². The number of nitrogens with one attached hydrogen (secondary N) is 2. The van der Waals surface area contributed by atoms with Gasteiger partial charge < -0.3 is 39.0 Å². The molecule has 1 fully saturated rings. The van der Waals surface area contributed by atoms with Gasteiger partial charge in [0.15, 0.2) is 0 Å². The molecule has 39 heavy (non-hydrogen) atoms. The summed E-state index contributed by atoms with van der Waals surface area (Å²) in [4.78, 5) is 48.4. The van der Waals surface area contributed by atoms with Crippen LogP contribution in [0.5, 0.6) is 0 Å². The van der Waals surface area contributed by atoms with Gasteiger partial charge in [-0.25, -0.2) is 0 Å². The number of carboxylic acid groups (broad SMARTS) is 1. The second-order valence-electron chi connectivity index (χ2n) is 8.86. The molecule has 2 aliphatic rings. The summed E-state index contributed by atoms with van der Waals surface area (Å²) in [6.45, 7) is 4.81. The van der Waals surface area contributed by atoms with Gasteiger partial charge in [0.1, 0.15) is 6.04 Å². The third-order valence-corrected chi connectivity index (χ3v) is 6.09. The Kier molecular flexibility index (Phi) is 13.1. The lowest BCUT2D eigenvalue weighted by Gasteiger charge is -2.29. The molecule has 0 bridgehead atoms. The van der Waals surface area contributed by atoms with Crippen molar-refractivity contribution in [2.75, 3.05) is 77.9 Å². The van der Waals surface area contributed by atoms with Crippen LogP contribution in [0.4, 0.5) is 5.69 Å².